The summed E-state index contributed by atoms with van der Waals surface area (Å²) < 4.78 is 23.1. The molecule has 1 unspecified atom stereocenters. The van der Waals surface area contributed by atoms with E-state index in [9.17, 15) is 13.2 Å². The molecule has 2 rings (SSSR count). The van der Waals surface area contributed by atoms with Gasteiger partial charge in [-0.15, -0.1) is 0 Å². The number of nitrogens with one attached hydrogen (secondary N) is 2. The second-order valence-corrected chi connectivity index (χ2v) is 7.50. The molecule has 1 saturated heterocycles. The van der Waals surface area contributed by atoms with Gasteiger partial charge in [0.2, 0.25) is 0 Å². The van der Waals surface area contributed by atoms with E-state index in [1.165, 1.54) is 6.07 Å². The Labute approximate surface area is 112 Å². The zero-order valence-electron chi connectivity index (χ0n) is 11.1. The fourth-order valence-electron chi connectivity index (χ4n) is 2.17. The Hall–Kier alpha value is -1.37. The molecule has 0 aliphatic carbocycles. The molecule has 1 fully saturated rings. The van der Waals surface area contributed by atoms with Crippen LogP contribution < -0.4 is 10.9 Å². The van der Waals surface area contributed by atoms with Crippen LogP contribution in [0.3, 0.4) is 0 Å². The van der Waals surface area contributed by atoms with Crippen LogP contribution in [0.15, 0.2) is 10.9 Å². The molecule has 2 heterocycles. The normalized spacial score (nSPS) is 22.4. The molecule has 19 heavy (non-hydrogen) atoms. The van der Waals surface area contributed by atoms with E-state index in [1.807, 2.05) is 13.8 Å². The van der Waals surface area contributed by atoms with Gasteiger partial charge in [0, 0.05) is 18.0 Å². The molecule has 1 atom stereocenters. The summed E-state index contributed by atoms with van der Waals surface area (Å²) in [6, 6.07) is 1.21. The van der Waals surface area contributed by atoms with E-state index in [0.29, 0.717) is 18.1 Å². The number of anilines is 1. The van der Waals surface area contributed by atoms with Gasteiger partial charge in [-0.2, -0.15) is 0 Å². The summed E-state index contributed by atoms with van der Waals surface area (Å²) in [5, 5.41) is 3.06. The van der Waals surface area contributed by atoms with Crippen molar-refractivity contribution in [3.05, 3.63) is 22.2 Å². The van der Waals surface area contributed by atoms with E-state index in [1.54, 1.807) is 0 Å². The first-order valence-corrected chi connectivity index (χ1v) is 8.26. The lowest BCUT2D eigenvalue weighted by atomic mass is 10.2. The number of hydrogen-bond acceptors (Lipinski definition) is 5. The smallest absolute Gasteiger partial charge is 0.252 e. The van der Waals surface area contributed by atoms with Gasteiger partial charge in [0.05, 0.1) is 11.5 Å². The maximum Gasteiger partial charge on any atom is 0.252 e. The number of rotatable bonds is 3. The first-order chi connectivity index (χ1) is 8.85. The highest BCUT2D eigenvalue weighted by Crippen LogP contribution is 2.16. The van der Waals surface area contributed by atoms with Crippen molar-refractivity contribution in [3.8, 4) is 0 Å². The molecule has 0 bridgehead atoms. The molecule has 0 radical (unpaired) electrons. The molecule has 0 amide bonds. The van der Waals surface area contributed by atoms with Crippen molar-refractivity contribution in [1.29, 1.82) is 0 Å². The lowest BCUT2D eigenvalue weighted by molar-refractivity contribution is 0.561. The van der Waals surface area contributed by atoms with E-state index < -0.39 is 9.84 Å². The van der Waals surface area contributed by atoms with Crippen molar-refractivity contribution >= 4 is 15.7 Å². The number of hydrogen-bond donors (Lipinski definition) is 2. The molecule has 0 spiro atoms. The standard InChI is InChI=1S/C12H19N3O3S/c1-8(2)12-14-10(6-11(16)15-12)13-9-4-3-5-19(17,18)7-9/h6,8-9H,3-5,7H2,1-2H3,(H2,13,14,15,16). The van der Waals surface area contributed by atoms with Gasteiger partial charge in [0.15, 0.2) is 9.84 Å². The zero-order valence-corrected chi connectivity index (χ0v) is 12.0. The molecule has 7 heteroatoms. The number of sulfone groups is 1. The van der Waals surface area contributed by atoms with Crippen LogP contribution in [0.2, 0.25) is 0 Å². The van der Waals surface area contributed by atoms with Crippen LogP contribution in [0.5, 0.6) is 0 Å². The molecule has 6 nitrogen and oxygen atoms in total. The average molecular weight is 285 g/mol. The summed E-state index contributed by atoms with van der Waals surface area (Å²) in [5.41, 5.74) is -0.222. The van der Waals surface area contributed by atoms with Gasteiger partial charge in [-0.05, 0) is 12.8 Å². The molecule has 0 saturated carbocycles. The Morgan fingerprint density at radius 3 is 2.84 bits per heavy atom. The summed E-state index contributed by atoms with van der Waals surface area (Å²) in [7, 11) is -2.96. The molecule has 106 valence electrons. The quantitative estimate of drug-likeness (QED) is 0.860. The number of aromatic nitrogens is 2. The van der Waals surface area contributed by atoms with Crippen molar-refractivity contribution in [3.63, 3.8) is 0 Å². The predicted molar refractivity (Wildman–Crippen MR) is 74.2 cm³/mol. The van der Waals surface area contributed by atoms with Crippen molar-refractivity contribution in [2.24, 2.45) is 0 Å². The largest absolute Gasteiger partial charge is 0.366 e. The Morgan fingerprint density at radius 1 is 1.47 bits per heavy atom. The average Bonchev–Trinajstić information content (AvgIpc) is 2.26. The van der Waals surface area contributed by atoms with Gasteiger partial charge in [-0.1, -0.05) is 13.8 Å². The van der Waals surface area contributed by atoms with Crippen molar-refractivity contribution in [2.45, 2.75) is 38.6 Å². The van der Waals surface area contributed by atoms with E-state index in [2.05, 4.69) is 15.3 Å². The first-order valence-electron chi connectivity index (χ1n) is 6.44. The van der Waals surface area contributed by atoms with Gasteiger partial charge in [0.1, 0.15) is 11.6 Å². The Balaban J connectivity index is 2.17. The topological polar surface area (TPSA) is 91.9 Å². The van der Waals surface area contributed by atoms with Crippen molar-refractivity contribution in [1.82, 2.24) is 9.97 Å². The van der Waals surface area contributed by atoms with Crippen LogP contribution in [0.4, 0.5) is 5.82 Å². The second kappa shape index (κ2) is 5.32. The molecular formula is C12H19N3O3S. The molecule has 1 aromatic rings. The summed E-state index contributed by atoms with van der Waals surface area (Å²) in [6.07, 6.45) is 1.44. The molecular weight excluding hydrogens is 266 g/mol. The highest BCUT2D eigenvalue weighted by Gasteiger charge is 2.25. The second-order valence-electron chi connectivity index (χ2n) is 5.27. The molecule has 1 aliphatic heterocycles. The Kier molecular flexibility index (Phi) is 3.93. The predicted octanol–water partition coefficient (Wildman–Crippen LogP) is 0.882. The van der Waals surface area contributed by atoms with Gasteiger partial charge < -0.3 is 10.3 Å². The number of aromatic amines is 1. The lowest BCUT2D eigenvalue weighted by Gasteiger charge is -2.23. The van der Waals surface area contributed by atoms with Crippen LogP contribution in [0, 0.1) is 0 Å². The van der Waals surface area contributed by atoms with E-state index >= 15 is 0 Å². The Morgan fingerprint density at radius 2 is 2.21 bits per heavy atom. The van der Waals surface area contributed by atoms with Gasteiger partial charge >= 0.3 is 0 Å². The van der Waals surface area contributed by atoms with Crippen LogP contribution in [0.25, 0.3) is 0 Å². The third-order valence-corrected chi connectivity index (χ3v) is 4.94. The van der Waals surface area contributed by atoms with Crippen molar-refractivity contribution < 1.29 is 8.42 Å². The first kappa shape index (κ1) is 14.0. The maximum atomic E-state index is 11.6. The van der Waals surface area contributed by atoms with E-state index in [4.69, 9.17) is 0 Å². The monoisotopic (exact) mass is 285 g/mol. The lowest BCUT2D eigenvalue weighted by Crippen LogP contribution is -2.35. The molecule has 0 aromatic carbocycles. The Bertz CT molecular complexity index is 607. The van der Waals surface area contributed by atoms with Crippen LogP contribution in [-0.2, 0) is 9.84 Å². The highest BCUT2D eigenvalue weighted by molar-refractivity contribution is 7.91. The van der Waals surface area contributed by atoms with E-state index in [-0.39, 0.29) is 29.0 Å². The van der Waals surface area contributed by atoms with Crippen LogP contribution >= 0.6 is 0 Å². The number of nitrogens with zero attached hydrogens (tertiary/aromatic N) is 1. The van der Waals surface area contributed by atoms with Gasteiger partial charge in [-0.3, -0.25) is 4.79 Å². The SMILES string of the molecule is CC(C)c1nc(NC2CCCS(=O)(=O)C2)cc(=O)[nH]1. The summed E-state index contributed by atoms with van der Waals surface area (Å²) in [5.74, 6) is 1.54. The summed E-state index contributed by atoms with van der Waals surface area (Å²) >= 11 is 0. The highest BCUT2D eigenvalue weighted by atomic mass is 32.2. The van der Waals surface area contributed by atoms with Crippen LogP contribution in [0.1, 0.15) is 38.4 Å². The third kappa shape index (κ3) is 3.79. The van der Waals surface area contributed by atoms with Crippen LogP contribution in [-0.4, -0.2) is 35.9 Å². The fraction of sp³-hybridized carbons (Fsp3) is 0.667. The van der Waals surface area contributed by atoms with E-state index in [0.717, 1.165) is 6.42 Å². The number of H-pyrrole nitrogens is 1. The third-order valence-electron chi connectivity index (χ3n) is 3.12. The minimum absolute atomic E-state index is 0.110. The maximum absolute atomic E-state index is 11.6. The van der Waals surface area contributed by atoms with Crippen molar-refractivity contribution in [2.75, 3.05) is 16.8 Å². The minimum atomic E-state index is -2.96. The molecule has 1 aliphatic rings. The summed E-state index contributed by atoms with van der Waals surface area (Å²) in [4.78, 5) is 18.5. The van der Waals surface area contributed by atoms with Gasteiger partial charge in [0.25, 0.3) is 5.56 Å². The zero-order chi connectivity index (χ0) is 14.0. The fourth-order valence-corrected chi connectivity index (χ4v) is 3.81. The summed E-state index contributed by atoms with van der Waals surface area (Å²) in [6.45, 7) is 3.88. The van der Waals surface area contributed by atoms with Gasteiger partial charge in [-0.25, -0.2) is 13.4 Å². The molecule has 2 N–H and O–H groups in total. The molecule has 1 aromatic heterocycles. The minimum Gasteiger partial charge on any atom is -0.366 e.